The summed E-state index contributed by atoms with van der Waals surface area (Å²) >= 11 is 0. The molecule has 9 nitrogen and oxygen atoms in total. The number of rotatable bonds is 13. The van der Waals surface area contributed by atoms with Gasteiger partial charge in [-0.2, -0.15) is 0 Å². The van der Waals surface area contributed by atoms with Crippen LogP contribution in [0.25, 0.3) is 0 Å². The highest BCUT2D eigenvalue weighted by molar-refractivity contribution is 7.92. The molecule has 2 aromatic rings. The van der Waals surface area contributed by atoms with Gasteiger partial charge < -0.3 is 19.7 Å². The Bertz CT molecular complexity index is 1090. The number of carbonyl (C=O) groups excluding carboxylic acids is 2. The molecule has 2 amide bonds. The molecule has 0 saturated heterocycles. The molecular weight excluding hydrogens is 470 g/mol. The van der Waals surface area contributed by atoms with Gasteiger partial charge >= 0.3 is 0 Å². The van der Waals surface area contributed by atoms with Crippen molar-refractivity contribution in [1.29, 1.82) is 0 Å². The summed E-state index contributed by atoms with van der Waals surface area (Å²) in [7, 11) is -1.02. The standard InChI is InChI=1S/C25H35N3O6S/c1-6-7-15-26-25(30)19(2)27(17-20-11-9-8-10-12-20)24(29)18-28(35(5,31)32)22-16-21(33-3)13-14-23(22)34-4/h8-14,16,19H,6-7,15,17-18H2,1-5H3,(H,26,30)/t19-/m1/s1. The van der Waals surface area contributed by atoms with Gasteiger partial charge in [-0.3, -0.25) is 13.9 Å². The Morgan fingerprint density at radius 2 is 1.74 bits per heavy atom. The molecule has 0 unspecified atom stereocenters. The number of nitrogens with one attached hydrogen (secondary N) is 1. The van der Waals surface area contributed by atoms with Gasteiger partial charge in [0.1, 0.15) is 24.1 Å². The molecular formula is C25H35N3O6S. The van der Waals surface area contributed by atoms with E-state index in [1.807, 2.05) is 37.3 Å². The number of benzene rings is 2. The van der Waals surface area contributed by atoms with Crippen molar-refractivity contribution in [1.82, 2.24) is 10.2 Å². The zero-order valence-electron chi connectivity index (χ0n) is 21.0. The van der Waals surface area contributed by atoms with E-state index in [9.17, 15) is 18.0 Å². The van der Waals surface area contributed by atoms with E-state index < -0.39 is 28.5 Å². The van der Waals surface area contributed by atoms with Gasteiger partial charge in [-0.25, -0.2) is 8.42 Å². The monoisotopic (exact) mass is 505 g/mol. The molecule has 0 aliphatic carbocycles. The number of sulfonamides is 1. The van der Waals surface area contributed by atoms with Crippen LogP contribution in [-0.2, 0) is 26.2 Å². The van der Waals surface area contributed by atoms with E-state index in [0.29, 0.717) is 12.3 Å². The average molecular weight is 506 g/mol. The summed E-state index contributed by atoms with van der Waals surface area (Å²) in [6, 6.07) is 13.1. The van der Waals surface area contributed by atoms with Gasteiger partial charge in [0.15, 0.2) is 0 Å². The number of methoxy groups -OCH3 is 2. The number of hydrogen-bond donors (Lipinski definition) is 1. The molecule has 0 aromatic heterocycles. The van der Waals surface area contributed by atoms with Crippen LogP contribution in [-0.4, -0.2) is 64.7 Å². The maximum absolute atomic E-state index is 13.6. The Labute approximate surface area is 208 Å². The van der Waals surface area contributed by atoms with E-state index >= 15 is 0 Å². The van der Waals surface area contributed by atoms with Crippen LogP contribution in [0.3, 0.4) is 0 Å². The van der Waals surface area contributed by atoms with E-state index in [1.54, 1.807) is 19.1 Å². The summed E-state index contributed by atoms with van der Waals surface area (Å²) in [5.74, 6) is -0.148. The van der Waals surface area contributed by atoms with Crippen LogP contribution in [0.2, 0.25) is 0 Å². The predicted octanol–water partition coefficient (Wildman–Crippen LogP) is 2.80. The Kier molecular flexibility index (Phi) is 10.4. The van der Waals surface area contributed by atoms with Crippen molar-refractivity contribution in [2.75, 3.05) is 37.9 Å². The van der Waals surface area contributed by atoms with E-state index in [-0.39, 0.29) is 23.9 Å². The zero-order valence-corrected chi connectivity index (χ0v) is 21.8. The first kappa shape index (κ1) is 28.0. The number of unbranched alkanes of at least 4 members (excludes halogenated alkanes) is 1. The highest BCUT2D eigenvalue weighted by Crippen LogP contribution is 2.33. The molecule has 10 heteroatoms. The number of anilines is 1. The lowest BCUT2D eigenvalue weighted by Gasteiger charge is -2.32. The highest BCUT2D eigenvalue weighted by atomic mass is 32.2. The van der Waals surface area contributed by atoms with Crippen LogP contribution in [0.1, 0.15) is 32.3 Å². The molecule has 0 saturated carbocycles. The second kappa shape index (κ2) is 13.0. The maximum Gasteiger partial charge on any atom is 0.244 e. The summed E-state index contributed by atoms with van der Waals surface area (Å²) in [5.41, 5.74) is 0.987. The third-order valence-corrected chi connectivity index (χ3v) is 6.65. The SMILES string of the molecule is CCCCNC(=O)[C@@H](C)N(Cc1ccccc1)C(=O)CN(c1cc(OC)ccc1OC)S(C)(=O)=O. The molecule has 1 N–H and O–H groups in total. The fraction of sp³-hybridized carbons (Fsp3) is 0.440. The van der Waals surface area contributed by atoms with Gasteiger partial charge in [0.2, 0.25) is 21.8 Å². The van der Waals surface area contributed by atoms with E-state index in [0.717, 1.165) is 29.0 Å². The van der Waals surface area contributed by atoms with Gasteiger partial charge in [0, 0.05) is 19.2 Å². The number of carbonyl (C=O) groups is 2. The lowest BCUT2D eigenvalue weighted by atomic mass is 10.1. The molecule has 0 spiro atoms. The first-order chi connectivity index (χ1) is 16.6. The third-order valence-electron chi connectivity index (χ3n) is 5.53. The minimum absolute atomic E-state index is 0.148. The minimum Gasteiger partial charge on any atom is -0.497 e. The molecule has 35 heavy (non-hydrogen) atoms. The van der Waals surface area contributed by atoms with Crippen LogP contribution in [0.5, 0.6) is 11.5 Å². The fourth-order valence-corrected chi connectivity index (χ4v) is 4.33. The number of hydrogen-bond acceptors (Lipinski definition) is 6. The van der Waals surface area contributed by atoms with Crippen LogP contribution in [0.15, 0.2) is 48.5 Å². The van der Waals surface area contributed by atoms with Crippen molar-refractivity contribution in [3.8, 4) is 11.5 Å². The topological polar surface area (TPSA) is 105 Å². The third kappa shape index (κ3) is 7.88. The van der Waals surface area contributed by atoms with Gasteiger partial charge in [0.25, 0.3) is 0 Å². The van der Waals surface area contributed by atoms with Crippen molar-refractivity contribution in [3.63, 3.8) is 0 Å². The van der Waals surface area contributed by atoms with Crippen molar-refractivity contribution >= 4 is 27.5 Å². The van der Waals surface area contributed by atoms with Crippen LogP contribution in [0.4, 0.5) is 5.69 Å². The van der Waals surface area contributed by atoms with Crippen molar-refractivity contribution in [2.45, 2.75) is 39.3 Å². The second-order valence-corrected chi connectivity index (χ2v) is 10.0. The van der Waals surface area contributed by atoms with Gasteiger partial charge in [-0.1, -0.05) is 43.7 Å². The van der Waals surface area contributed by atoms with Gasteiger partial charge in [0.05, 0.1) is 26.2 Å². The van der Waals surface area contributed by atoms with E-state index in [4.69, 9.17) is 9.47 Å². The van der Waals surface area contributed by atoms with Crippen molar-refractivity contribution in [3.05, 3.63) is 54.1 Å². The number of nitrogens with zero attached hydrogens (tertiary/aromatic N) is 2. The maximum atomic E-state index is 13.6. The summed E-state index contributed by atoms with van der Waals surface area (Å²) in [6.07, 6.45) is 2.76. The number of ether oxygens (including phenoxy) is 2. The summed E-state index contributed by atoms with van der Waals surface area (Å²) in [5, 5.41) is 2.85. The smallest absolute Gasteiger partial charge is 0.244 e. The lowest BCUT2D eigenvalue weighted by molar-refractivity contribution is -0.139. The molecule has 192 valence electrons. The average Bonchev–Trinajstić information content (AvgIpc) is 2.84. The predicted molar refractivity (Wildman–Crippen MR) is 136 cm³/mol. The largest absolute Gasteiger partial charge is 0.497 e. The zero-order chi connectivity index (χ0) is 26.0. The Balaban J connectivity index is 2.41. The molecule has 2 rings (SSSR count). The van der Waals surface area contributed by atoms with Crippen molar-refractivity contribution in [2.24, 2.45) is 0 Å². The molecule has 0 fully saturated rings. The molecule has 0 aliphatic rings. The molecule has 0 heterocycles. The normalized spacial score (nSPS) is 11.9. The van der Waals surface area contributed by atoms with E-state index in [1.165, 1.54) is 25.2 Å². The van der Waals surface area contributed by atoms with Gasteiger partial charge in [-0.15, -0.1) is 0 Å². The fourth-order valence-electron chi connectivity index (χ4n) is 3.49. The van der Waals surface area contributed by atoms with Crippen LogP contribution < -0.4 is 19.1 Å². The molecule has 1 atom stereocenters. The Morgan fingerprint density at radius 3 is 2.31 bits per heavy atom. The molecule has 0 aliphatic heterocycles. The quantitative estimate of drug-likeness (QED) is 0.420. The Morgan fingerprint density at radius 1 is 1.06 bits per heavy atom. The summed E-state index contributed by atoms with van der Waals surface area (Å²) in [6.45, 7) is 3.80. The van der Waals surface area contributed by atoms with Crippen LogP contribution >= 0.6 is 0 Å². The van der Waals surface area contributed by atoms with Gasteiger partial charge in [-0.05, 0) is 31.0 Å². The Hall–Kier alpha value is -3.27. The molecule has 0 radical (unpaired) electrons. The summed E-state index contributed by atoms with van der Waals surface area (Å²) in [4.78, 5) is 27.8. The summed E-state index contributed by atoms with van der Waals surface area (Å²) < 4.78 is 37.1. The second-order valence-electron chi connectivity index (χ2n) is 8.14. The minimum atomic E-state index is -3.89. The van der Waals surface area contributed by atoms with E-state index in [2.05, 4.69) is 5.32 Å². The first-order valence-electron chi connectivity index (χ1n) is 11.4. The lowest BCUT2D eigenvalue weighted by Crippen LogP contribution is -2.51. The van der Waals surface area contributed by atoms with Crippen LogP contribution in [0, 0.1) is 0 Å². The first-order valence-corrected chi connectivity index (χ1v) is 13.3. The highest BCUT2D eigenvalue weighted by Gasteiger charge is 2.31. The van der Waals surface area contributed by atoms with Crippen molar-refractivity contribution < 1.29 is 27.5 Å². The molecule has 2 aromatic carbocycles. The number of amides is 2. The molecule has 0 bridgehead atoms.